The number of amides is 1. The predicted molar refractivity (Wildman–Crippen MR) is 91.6 cm³/mol. The summed E-state index contributed by atoms with van der Waals surface area (Å²) < 4.78 is 35.1. The van der Waals surface area contributed by atoms with Crippen molar-refractivity contribution < 1.29 is 18.3 Å². The first kappa shape index (κ1) is 17.1. The average Bonchev–Trinajstić information content (AvgIpc) is 2.50. The van der Waals surface area contributed by atoms with Gasteiger partial charge in [0, 0.05) is 13.0 Å². The summed E-state index contributed by atoms with van der Waals surface area (Å²) in [6.07, 6.45) is 2.43. The molecule has 0 aromatic heterocycles. The van der Waals surface area contributed by atoms with Crippen molar-refractivity contribution in [3.63, 3.8) is 0 Å². The van der Waals surface area contributed by atoms with Gasteiger partial charge in [0.15, 0.2) is 0 Å². The second kappa shape index (κ2) is 5.57. The molecule has 4 aliphatic rings. The number of methoxy groups -OCH3 is 1. The zero-order valence-electron chi connectivity index (χ0n) is 14.2. The van der Waals surface area contributed by atoms with Gasteiger partial charge in [-0.05, 0) is 61.6 Å². The summed E-state index contributed by atoms with van der Waals surface area (Å²) in [5.74, 6) is 0.291. The predicted octanol–water partition coefficient (Wildman–Crippen LogP) is 4.48. The fraction of sp³-hybridized carbons (Fsp3) is 0.632. The third-order valence-electron chi connectivity index (χ3n) is 6.09. The van der Waals surface area contributed by atoms with E-state index in [0.29, 0.717) is 42.0 Å². The summed E-state index contributed by atoms with van der Waals surface area (Å²) in [5.41, 5.74) is -2.99. The van der Waals surface area contributed by atoms with Crippen molar-refractivity contribution in [2.24, 2.45) is 11.3 Å². The molecule has 136 valence electrons. The van der Waals surface area contributed by atoms with E-state index >= 15 is 0 Å². The van der Waals surface area contributed by atoms with Crippen LogP contribution in [0.1, 0.15) is 48.9 Å². The Bertz CT molecular complexity index is 707. The smallest absolute Gasteiger partial charge is 0.252 e. The molecule has 0 radical (unpaired) electrons. The van der Waals surface area contributed by atoms with Crippen LogP contribution in [0.3, 0.4) is 0 Å². The lowest BCUT2D eigenvalue weighted by molar-refractivity contribution is -0.172. The van der Waals surface area contributed by atoms with Crippen LogP contribution in [0.5, 0.6) is 5.75 Å². The summed E-state index contributed by atoms with van der Waals surface area (Å²) in [6, 6.07) is 4.86. The maximum absolute atomic E-state index is 15.0. The van der Waals surface area contributed by atoms with Crippen LogP contribution in [0, 0.1) is 11.3 Å². The highest BCUT2D eigenvalue weighted by atomic mass is 35.5. The fourth-order valence-electron chi connectivity index (χ4n) is 5.76. The summed E-state index contributed by atoms with van der Waals surface area (Å²) in [4.78, 5) is 12.5. The quantitative estimate of drug-likeness (QED) is 0.849. The molecule has 1 N–H and O–H groups in total. The molecule has 1 aromatic carbocycles. The molecule has 1 aromatic rings. The zero-order valence-corrected chi connectivity index (χ0v) is 15.0. The van der Waals surface area contributed by atoms with Crippen molar-refractivity contribution in [1.82, 2.24) is 5.32 Å². The third kappa shape index (κ3) is 3.01. The van der Waals surface area contributed by atoms with Gasteiger partial charge in [-0.3, -0.25) is 4.79 Å². The molecule has 3 nitrogen and oxygen atoms in total. The third-order valence-corrected chi connectivity index (χ3v) is 6.42. The Morgan fingerprint density at radius 3 is 2.52 bits per heavy atom. The highest BCUT2D eigenvalue weighted by molar-refractivity contribution is 6.33. The number of nitrogens with one attached hydrogen (secondary N) is 1. The molecule has 0 spiro atoms. The number of hydrogen-bond donors (Lipinski definition) is 1. The van der Waals surface area contributed by atoms with Crippen LogP contribution >= 0.6 is 11.6 Å². The van der Waals surface area contributed by atoms with Crippen LogP contribution in [0.15, 0.2) is 18.2 Å². The minimum atomic E-state index is -1.41. The van der Waals surface area contributed by atoms with Gasteiger partial charge < -0.3 is 10.1 Å². The van der Waals surface area contributed by atoms with E-state index in [0.717, 1.165) is 6.42 Å². The lowest BCUT2D eigenvalue weighted by Gasteiger charge is -2.61. The van der Waals surface area contributed by atoms with Gasteiger partial charge in [0.1, 0.15) is 17.1 Å². The van der Waals surface area contributed by atoms with E-state index in [1.54, 1.807) is 18.2 Å². The first-order valence-corrected chi connectivity index (χ1v) is 9.11. The SMILES string of the molecule is COc1ccc(Cl)c(C(=O)NCC23CC4CC(F)(CC(F)(C4)C2)C3)c1. The van der Waals surface area contributed by atoms with E-state index in [1.807, 2.05) is 0 Å². The molecule has 0 aliphatic heterocycles. The van der Waals surface area contributed by atoms with Crippen LogP contribution in [-0.4, -0.2) is 30.9 Å². The van der Waals surface area contributed by atoms with Crippen LogP contribution in [0.25, 0.3) is 0 Å². The number of carbonyl (C=O) groups is 1. The molecular formula is C19H22ClF2NO2. The number of ether oxygens (including phenoxy) is 1. The molecule has 5 rings (SSSR count). The van der Waals surface area contributed by atoms with Gasteiger partial charge in [-0.25, -0.2) is 8.78 Å². The summed E-state index contributed by atoms with van der Waals surface area (Å²) in [6.45, 7) is 0.285. The van der Waals surface area contributed by atoms with E-state index in [1.165, 1.54) is 7.11 Å². The van der Waals surface area contributed by atoms with E-state index < -0.39 is 16.8 Å². The number of alkyl halides is 2. The number of carbonyl (C=O) groups excluding carboxylic acids is 1. The van der Waals surface area contributed by atoms with Crippen molar-refractivity contribution >= 4 is 17.5 Å². The molecule has 2 unspecified atom stereocenters. The Labute approximate surface area is 151 Å². The zero-order chi connectivity index (χ0) is 17.9. The lowest BCUT2D eigenvalue weighted by Crippen LogP contribution is -2.62. The van der Waals surface area contributed by atoms with Crippen LogP contribution in [-0.2, 0) is 0 Å². The summed E-state index contributed by atoms with van der Waals surface area (Å²) in [7, 11) is 1.52. The van der Waals surface area contributed by atoms with Gasteiger partial charge in [-0.1, -0.05) is 11.6 Å². The van der Waals surface area contributed by atoms with Gasteiger partial charge in [0.05, 0.1) is 17.7 Å². The molecule has 0 saturated heterocycles. The Morgan fingerprint density at radius 1 is 1.24 bits per heavy atom. The summed E-state index contributed by atoms with van der Waals surface area (Å²) in [5, 5.41) is 3.20. The normalized spacial score (nSPS) is 38.6. The standard InChI is InChI=1S/C19H22ClF2NO2/c1-25-13-2-3-15(20)14(4-13)16(24)23-11-17-5-12-6-18(21,8-17)10-19(22,7-12)9-17/h2-4,12H,5-11H2,1H3,(H,23,24). The second-order valence-corrected chi connectivity index (χ2v) is 8.75. The first-order valence-electron chi connectivity index (χ1n) is 8.74. The van der Waals surface area contributed by atoms with Crippen LogP contribution in [0.2, 0.25) is 5.02 Å². The van der Waals surface area contributed by atoms with E-state index in [4.69, 9.17) is 16.3 Å². The monoisotopic (exact) mass is 369 g/mol. The Morgan fingerprint density at radius 2 is 1.92 bits per heavy atom. The van der Waals surface area contributed by atoms with Gasteiger partial charge >= 0.3 is 0 Å². The maximum Gasteiger partial charge on any atom is 0.252 e. The lowest BCUT2D eigenvalue weighted by atomic mass is 9.47. The van der Waals surface area contributed by atoms with Crippen LogP contribution in [0.4, 0.5) is 8.78 Å². The highest BCUT2D eigenvalue weighted by Crippen LogP contribution is 2.65. The molecule has 0 heterocycles. The Hall–Kier alpha value is -1.36. The maximum atomic E-state index is 15.0. The molecule has 4 fully saturated rings. The van der Waals surface area contributed by atoms with Gasteiger partial charge in [0.2, 0.25) is 0 Å². The fourth-order valence-corrected chi connectivity index (χ4v) is 5.96. The molecule has 2 atom stereocenters. The van der Waals surface area contributed by atoms with E-state index in [-0.39, 0.29) is 24.8 Å². The van der Waals surface area contributed by atoms with E-state index in [2.05, 4.69) is 5.32 Å². The number of rotatable bonds is 4. The first-order chi connectivity index (χ1) is 11.7. The van der Waals surface area contributed by atoms with Gasteiger partial charge in [-0.15, -0.1) is 0 Å². The number of hydrogen-bond acceptors (Lipinski definition) is 2. The van der Waals surface area contributed by atoms with Crippen molar-refractivity contribution in [2.75, 3.05) is 13.7 Å². The Balaban J connectivity index is 1.51. The van der Waals surface area contributed by atoms with E-state index in [9.17, 15) is 13.6 Å². The molecule has 4 aliphatic carbocycles. The molecule has 4 bridgehead atoms. The molecule has 1 amide bonds. The van der Waals surface area contributed by atoms with Crippen molar-refractivity contribution in [3.8, 4) is 5.75 Å². The minimum absolute atomic E-state index is 0.0217. The molecular weight excluding hydrogens is 348 g/mol. The van der Waals surface area contributed by atoms with Crippen molar-refractivity contribution in [2.45, 2.75) is 49.9 Å². The molecule has 6 heteroatoms. The highest BCUT2D eigenvalue weighted by Gasteiger charge is 2.64. The van der Waals surface area contributed by atoms with Crippen LogP contribution < -0.4 is 10.1 Å². The molecule has 4 saturated carbocycles. The average molecular weight is 370 g/mol. The summed E-state index contributed by atoms with van der Waals surface area (Å²) >= 11 is 6.11. The second-order valence-electron chi connectivity index (χ2n) is 8.34. The number of benzene rings is 1. The largest absolute Gasteiger partial charge is 0.497 e. The number of halogens is 3. The van der Waals surface area contributed by atoms with Gasteiger partial charge in [-0.2, -0.15) is 0 Å². The minimum Gasteiger partial charge on any atom is -0.497 e. The van der Waals surface area contributed by atoms with Crippen molar-refractivity contribution in [1.29, 1.82) is 0 Å². The Kier molecular flexibility index (Phi) is 3.80. The molecule has 25 heavy (non-hydrogen) atoms. The van der Waals surface area contributed by atoms with Crippen molar-refractivity contribution in [3.05, 3.63) is 28.8 Å². The topological polar surface area (TPSA) is 38.3 Å². The van der Waals surface area contributed by atoms with Gasteiger partial charge in [0.25, 0.3) is 5.91 Å².